The molecule has 0 aliphatic heterocycles. The van der Waals surface area contributed by atoms with Crippen LogP contribution in [0.3, 0.4) is 0 Å². The number of carbonyl (C=O) groups is 2. The number of hydrogen-bond donors (Lipinski definition) is 2. The summed E-state index contributed by atoms with van der Waals surface area (Å²) in [4.78, 5) is 29.9. The standard InChI is InChI=1S/C28H25BrN2O3/c1-17-8-10-19(11-9-17)21(14-25(32)33)16-30-28(34)26-18(2)27(20-6-4-3-5-7-20)31-24-13-12-22(29)15-23(24)26/h3-13,15,21H,14,16H2,1-2H3,(H,30,34)(H,32,33)/t21-/m1/s1. The van der Waals surface area contributed by atoms with Gasteiger partial charge in [-0.25, -0.2) is 4.98 Å². The van der Waals surface area contributed by atoms with Gasteiger partial charge in [0.15, 0.2) is 0 Å². The molecule has 0 saturated carbocycles. The molecule has 3 aromatic carbocycles. The number of benzene rings is 3. The van der Waals surface area contributed by atoms with E-state index in [1.807, 2.05) is 86.6 Å². The first-order valence-electron chi connectivity index (χ1n) is 11.1. The van der Waals surface area contributed by atoms with E-state index < -0.39 is 5.97 Å². The number of aliphatic carboxylic acids is 1. The van der Waals surface area contributed by atoms with Crippen molar-refractivity contribution in [3.63, 3.8) is 0 Å². The van der Waals surface area contributed by atoms with Gasteiger partial charge in [0.1, 0.15) is 0 Å². The van der Waals surface area contributed by atoms with E-state index in [-0.39, 0.29) is 24.8 Å². The topological polar surface area (TPSA) is 79.3 Å². The Morgan fingerprint density at radius 2 is 1.71 bits per heavy atom. The van der Waals surface area contributed by atoms with E-state index in [0.717, 1.165) is 43.3 Å². The number of halogens is 1. The summed E-state index contributed by atoms with van der Waals surface area (Å²) < 4.78 is 0.853. The number of nitrogens with zero attached hydrogens (tertiary/aromatic N) is 1. The minimum Gasteiger partial charge on any atom is -0.481 e. The number of rotatable bonds is 7. The van der Waals surface area contributed by atoms with Gasteiger partial charge in [-0.1, -0.05) is 76.1 Å². The van der Waals surface area contributed by atoms with E-state index >= 15 is 0 Å². The molecule has 4 rings (SSSR count). The first-order chi connectivity index (χ1) is 16.3. The van der Waals surface area contributed by atoms with Crippen molar-refractivity contribution in [1.29, 1.82) is 0 Å². The molecule has 0 aliphatic rings. The smallest absolute Gasteiger partial charge is 0.304 e. The summed E-state index contributed by atoms with van der Waals surface area (Å²) in [6.45, 7) is 4.10. The SMILES string of the molecule is Cc1ccc([C@@H](CNC(=O)c2c(C)c(-c3ccccc3)nc3ccc(Br)cc23)CC(=O)O)cc1. The van der Waals surface area contributed by atoms with E-state index in [1.54, 1.807) is 0 Å². The molecule has 5 nitrogen and oxygen atoms in total. The van der Waals surface area contributed by atoms with Crippen molar-refractivity contribution in [3.8, 4) is 11.3 Å². The fourth-order valence-electron chi connectivity index (χ4n) is 4.16. The third-order valence-corrected chi connectivity index (χ3v) is 6.44. The van der Waals surface area contributed by atoms with Crippen LogP contribution in [0.15, 0.2) is 77.3 Å². The van der Waals surface area contributed by atoms with Gasteiger partial charge in [-0.3, -0.25) is 9.59 Å². The molecule has 1 amide bonds. The summed E-state index contributed by atoms with van der Waals surface area (Å²) in [5.41, 5.74) is 5.71. The number of carboxylic acid groups (broad SMARTS) is 1. The molecule has 4 aromatic rings. The molecule has 0 unspecified atom stereocenters. The third-order valence-electron chi connectivity index (χ3n) is 5.94. The molecule has 1 atom stereocenters. The predicted molar refractivity (Wildman–Crippen MR) is 138 cm³/mol. The van der Waals surface area contributed by atoms with Crippen LogP contribution >= 0.6 is 15.9 Å². The van der Waals surface area contributed by atoms with Gasteiger partial charge < -0.3 is 10.4 Å². The van der Waals surface area contributed by atoms with Gasteiger partial charge in [0.25, 0.3) is 5.91 Å². The molecule has 172 valence electrons. The Labute approximate surface area is 207 Å². The van der Waals surface area contributed by atoms with E-state index in [2.05, 4.69) is 21.2 Å². The lowest BCUT2D eigenvalue weighted by molar-refractivity contribution is -0.137. The lowest BCUT2D eigenvalue weighted by atomic mass is 9.94. The highest BCUT2D eigenvalue weighted by molar-refractivity contribution is 9.10. The lowest BCUT2D eigenvalue weighted by Gasteiger charge is -2.19. The van der Waals surface area contributed by atoms with Crippen LogP contribution in [0, 0.1) is 13.8 Å². The van der Waals surface area contributed by atoms with E-state index in [9.17, 15) is 14.7 Å². The van der Waals surface area contributed by atoms with E-state index in [1.165, 1.54) is 0 Å². The van der Waals surface area contributed by atoms with Gasteiger partial charge in [-0.15, -0.1) is 0 Å². The summed E-state index contributed by atoms with van der Waals surface area (Å²) in [6, 6.07) is 23.2. The van der Waals surface area contributed by atoms with Crippen LogP contribution in [0.4, 0.5) is 0 Å². The van der Waals surface area contributed by atoms with Crippen LogP contribution in [0.5, 0.6) is 0 Å². The second-order valence-corrected chi connectivity index (χ2v) is 9.32. The fraction of sp³-hybridized carbons (Fsp3) is 0.179. The Morgan fingerprint density at radius 1 is 1.00 bits per heavy atom. The molecule has 34 heavy (non-hydrogen) atoms. The first kappa shape index (κ1) is 23.6. The van der Waals surface area contributed by atoms with Gasteiger partial charge in [0.2, 0.25) is 0 Å². The Balaban J connectivity index is 1.72. The number of fused-ring (bicyclic) bond motifs is 1. The lowest BCUT2D eigenvalue weighted by Crippen LogP contribution is -2.30. The Bertz CT molecular complexity index is 1350. The molecule has 1 heterocycles. The summed E-state index contributed by atoms with van der Waals surface area (Å²) in [5.74, 6) is -1.49. The van der Waals surface area contributed by atoms with Crippen LogP contribution in [0.1, 0.15) is 39.4 Å². The van der Waals surface area contributed by atoms with Crippen molar-refractivity contribution in [2.45, 2.75) is 26.2 Å². The van der Waals surface area contributed by atoms with E-state index in [0.29, 0.717) is 5.56 Å². The molecule has 0 saturated heterocycles. The van der Waals surface area contributed by atoms with Crippen molar-refractivity contribution < 1.29 is 14.7 Å². The van der Waals surface area contributed by atoms with Crippen LogP contribution in [-0.2, 0) is 4.79 Å². The van der Waals surface area contributed by atoms with E-state index in [4.69, 9.17) is 4.98 Å². The molecule has 0 bridgehead atoms. The van der Waals surface area contributed by atoms with Crippen LogP contribution in [-0.4, -0.2) is 28.5 Å². The Hall–Kier alpha value is -3.51. The zero-order chi connectivity index (χ0) is 24.2. The first-order valence-corrected chi connectivity index (χ1v) is 11.8. The number of aryl methyl sites for hydroxylation is 1. The van der Waals surface area contributed by atoms with Gasteiger partial charge in [0, 0.05) is 27.9 Å². The summed E-state index contributed by atoms with van der Waals surface area (Å²) in [6.07, 6.45) is -0.0692. The molecule has 2 N–H and O–H groups in total. The molecule has 0 spiro atoms. The Kier molecular flexibility index (Phi) is 7.08. The maximum absolute atomic E-state index is 13.5. The highest BCUT2D eigenvalue weighted by Crippen LogP contribution is 2.31. The van der Waals surface area contributed by atoms with Gasteiger partial charge in [-0.05, 0) is 43.2 Å². The molecule has 0 radical (unpaired) electrons. The third kappa shape index (κ3) is 5.18. The molecule has 6 heteroatoms. The maximum Gasteiger partial charge on any atom is 0.304 e. The summed E-state index contributed by atoms with van der Waals surface area (Å²) in [5, 5.41) is 13.2. The van der Waals surface area contributed by atoms with Gasteiger partial charge in [0.05, 0.1) is 23.2 Å². The molecule has 1 aromatic heterocycles. The van der Waals surface area contributed by atoms with Crippen molar-refractivity contribution in [2.24, 2.45) is 0 Å². The normalized spacial score (nSPS) is 11.9. The maximum atomic E-state index is 13.5. The van der Waals surface area contributed by atoms with Crippen molar-refractivity contribution in [1.82, 2.24) is 10.3 Å². The number of aromatic nitrogens is 1. The number of amides is 1. The number of pyridine rings is 1. The van der Waals surface area contributed by atoms with Crippen LogP contribution in [0.25, 0.3) is 22.2 Å². The fourth-order valence-corrected chi connectivity index (χ4v) is 4.52. The van der Waals surface area contributed by atoms with Gasteiger partial charge >= 0.3 is 5.97 Å². The number of carbonyl (C=O) groups excluding carboxylic acids is 1. The highest BCUT2D eigenvalue weighted by Gasteiger charge is 2.22. The largest absolute Gasteiger partial charge is 0.481 e. The van der Waals surface area contributed by atoms with Gasteiger partial charge in [-0.2, -0.15) is 0 Å². The minimum atomic E-state index is -0.902. The minimum absolute atomic E-state index is 0.0692. The van der Waals surface area contributed by atoms with Crippen molar-refractivity contribution >= 4 is 38.7 Å². The number of nitrogens with one attached hydrogen (secondary N) is 1. The average molecular weight is 517 g/mol. The predicted octanol–water partition coefficient (Wildman–Crippen LogP) is 6.27. The zero-order valence-corrected chi connectivity index (χ0v) is 20.6. The molecule has 0 aliphatic carbocycles. The van der Waals surface area contributed by atoms with Crippen molar-refractivity contribution in [3.05, 3.63) is 99.5 Å². The van der Waals surface area contributed by atoms with Crippen LogP contribution < -0.4 is 5.32 Å². The zero-order valence-electron chi connectivity index (χ0n) is 19.0. The monoisotopic (exact) mass is 516 g/mol. The number of carboxylic acids is 1. The molecular formula is C28H25BrN2O3. The number of hydrogen-bond acceptors (Lipinski definition) is 3. The Morgan fingerprint density at radius 3 is 2.38 bits per heavy atom. The molecular weight excluding hydrogens is 492 g/mol. The molecule has 0 fully saturated rings. The quantitative estimate of drug-likeness (QED) is 0.303. The second-order valence-electron chi connectivity index (χ2n) is 8.40. The second kappa shape index (κ2) is 10.2. The average Bonchev–Trinajstić information content (AvgIpc) is 2.82. The van der Waals surface area contributed by atoms with Crippen LogP contribution in [0.2, 0.25) is 0 Å². The van der Waals surface area contributed by atoms with Crippen molar-refractivity contribution in [2.75, 3.05) is 6.54 Å². The highest BCUT2D eigenvalue weighted by atomic mass is 79.9. The summed E-state index contributed by atoms with van der Waals surface area (Å²) in [7, 11) is 0. The summed E-state index contributed by atoms with van der Waals surface area (Å²) >= 11 is 3.50.